The van der Waals surface area contributed by atoms with Crippen LogP contribution in [0, 0.1) is 5.92 Å². The van der Waals surface area contributed by atoms with Gasteiger partial charge in [-0.2, -0.15) is 0 Å². The Labute approximate surface area is 165 Å². The molecule has 0 unspecified atom stereocenters. The molecule has 0 radical (unpaired) electrons. The number of amides is 1. The lowest BCUT2D eigenvalue weighted by atomic mass is 10.1. The number of primary sulfonamides is 1. The first-order valence-electron chi connectivity index (χ1n) is 8.98. The highest BCUT2D eigenvalue weighted by Crippen LogP contribution is 2.23. The quantitative estimate of drug-likeness (QED) is 0.665. The molecule has 152 valence electrons. The molecule has 0 atom stereocenters. The van der Waals surface area contributed by atoms with E-state index in [1.54, 1.807) is 18.2 Å². The molecule has 2 rings (SSSR count). The van der Waals surface area contributed by atoms with Crippen molar-refractivity contribution in [2.75, 3.05) is 18.5 Å². The van der Waals surface area contributed by atoms with Crippen molar-refractivity contribution in [3.05, 3.63) is 53.6 Å². The molecule has 0 bridgehead atoms. The van der Waals surface area contributed by atoms with E-state index < -0.39 is 10.0 Å². The minimum atomic E-state index is -3.77. The van der Waals surface area contributed by atoms with Crippen molar-refractivity contribution in [2.45, 2.75) is 32.3 Å². The molecule has 0 fully saturated rings. The number of sulfonamides is 1. The zero-order valence-corrected chi connectivity index (χ0v) is 17.1. The molecule has 0 aromatic heterocycles. The fourth-order valence-corrected chi connectivity index (χ4v) is 2.98. The topological polar surface area (TPSA) is 108 Å². The fourth-order valence-electron chi connectivity index (χ4n) is 2.47. The van der Waals surface area contributed by atoms with Gasteiger partial charge < -0.3 is 14.8 Å². The van der Waals surface area contributed by atoms with Crippen LogP contribution in [0.4, 0.5) is 5.69 Å². The summed E-state index contributed by atoms with van der Waals surface area (Å²) in [7, 11) is -3.77. The van der Waals surface area contributed by atoms with E-state index >= 15 is 0 Å². The number of ether oxygens (including phenoxy) is 2. The molecule has 0 aliphatic rings. The summed E-state index contributed by atoms with van der Waals surface area (Å²) in [5.74, 6) is 0.763. The van der Waals surface area contributed by atoms with Crippen molar-refractivity contribution in [2.24, 2.45) is 11.1 Å². The Morgan fingerprint density at radius 1 is 1.14 bits per heavy atom. The largest absolute Gasteiger partial charge is 0.494 e. The maximum atomic E-state index is 12.6. The first-order valence-corrected chi connectivity index (χ1v) is 10.5. The zero-order valence-electron chi connectivity index (χ0n) is 16.3. The number of carbonyl (C=O) groups excluding carboxylic acids is 1. The number of rotatable bonds is 9. The van der Waals surface area contributed by atoms with Gasteiger partial charge >= 0.3 is 0 Å². The summed E-state index contributed by atoms with van der Waals surface area (Å²) in [4.78, 5) is 12.5. The summed E-state index contributed by atoms with van der Waals surface area (Å²) >= 11 is 0. The van der Waals surface area contributed by atoms with Gasteiger partial charge in [0.05, 0.1) is 18.1 Å². The number of hydrogen-bond donors (Lipinski definition) is 2. The molecule has 0 heterocycles. The second kappa shape index (κ2) is 9.68. The third-order valence-electron chi connectivity index (χ3n) is 3.77. The standard InChI is InChI=1S/C20H26N2O5S/c1-4-27-19-10-5-15(11-16(19)13-26-12-14(2)3)20(23)22-17-6-8-18(9-7-17)28(21,24)25/h5-11,14H,4,12-13H2,1-3H3,(H,22,23)(H2,21,24,25). The van der Waals surface area contributed by atoms with Crippen molar-refractivity contribution in [3.63, 3.8) is 0 Å². The number of carbonyl (C=O) groups is 1. The van der Waals surface area contributed by atoms with Gasteiger partial charge in [-0.1, -0.05) is 13.8 Å². The van der Waals surface area contributed by atoms with Gasteiger partial charge in [0.2, 0.25) is 10.0 Å². The second-order valence-electron chi connectivity index (χ2n) is 6.69. The van der Waals surface area contributed by atoms with Crippen LogP contribution in [0.25, 0.3) is 0 Å². The molecule has 2 aromatic rings. The van der Waals surface area contributed by atoms with E-state index in [-0.39, 0.29) is 10.8 Å². The molecular formula is C20H26N2O5S. The van der Waals surface area contributed by atoms with Crippen LogP contribution in [0.15, 0.2) is 47.4 Å². The summed E-state index contributed by atoms with van der Waals surface area (Å²) in [5, 5.41) is 7.81. The molecule has 3 N–H and O–H groups in total. The Balaban J connectivity index is 2.15. The van der Waals surface area contributed by atoms with Gasteiger partial charge in [-0.3, -0.25) is 4.79 Å². The highest BCUT2D eigenvalue weighted by molar-refractivity contribution is 7.89. The molecule has 28 heavy (non-hydrogen) atoms. The van der Waals surface area contributed by atoms with Crippen molar-refractivity contribution < 1.29 is 22.7 Å². The number of nitrogens with one attached hydrogen (secondary N) is 1. The third kappa shape index (κ3) is 6.33. The summed E-state index contributed by atoms with van der Waals surface area (Å²) in [5.41, 5.74) is 1.70. The zero-order chi connectivity index (χ0) is 20.7. The minimum Gasteiger partial charge on any atom is -0.494 e. The van der Waals surface area contributed by atoms with Crippen molar-refractivity contribution in [3.8, 4) is 5.75 Å². The van der Waals surface area contributed by atoms with Gasteiger partial charge in [-0.25, -0.2) is 13.6 Å². The molecular weight excluding hydrogens is 380 g/mol. The van der Waals surface area contributed by atoms with Crippen molar-refractivity contribution in [1.82, 2.24) is 0 Å². The van der Waals surface area contributed by atoms with Gasteiger partial charge in [0.1, 0.15) is 5.75 Å². The first-order chi connectivity index (χ1) is 13.2. The van der Waals surface area contributed by atoms with Gasteiger partial charge in [0.15, 0.2) is 0 Å². The lowest BCUT2D eigenvalue weighted by Gasteiger charge is -2.14. The summed E-state index contributed by atoms with van der Waals surface area (Å²) in [6, 6.07) is 10.8. The normalized spacial score (nSPS) is 11.5. The van der Waals surface area contributed by atoms with Crippen LogP contribution in [0.2, 0.25) is 0 Å². The van der Waals surface area contributed by atoms with E-state index in [2.05, 4.69) is 19.2 Å². The van der Waals surface area contributed by atoms with Crippen molar-refractivity contribution >= 4 is 21.6 Å². The van der Waals surface area contributed by atoms with Crippen LogP contribution in [0.5, 0.6) is 5.75 Å². The predicted octanol–water partition coefficient (Wildman–Crippen LogP) is 3.16. The minimum absolute atomic E-state index is 0.0175. The molecule has 8 heteroatoms. The number of anilines is 1. The Bertz CT molecular complexity index is 909. The molecule has 2 aromatic carbocycles. The van der Waals surface area contributed by atoms with Gasteiger partial charge in [-0.05, 0) is 55.3 Å². The van der Waals surface area contributed by atoms with Gasteiger partial charge in [-0.15, -0.1) is 0 Å². The molecule has 0 spiro atoms. The first kappa shape index (κ1) is 21.9. The lowest BCUT2D eigenvalue weighted by molar-refractivity contribution is 0.0948. The van der Waals surface area contributed by atoms with E-state index in [0.717, 1.165) is 5.56 Å². The highest BCUT2D eigenvalue weighted by Gasteiger charge is 2.13. The summed E-state index contributed by atoms with van der Waals surface area (Å²) in [6.45, 7) is 7.49. The Hall–Kier alpha value is -2.42. The fraction of sp³-hybridized carbons (Fsp3) is 0.350. The monoisotopic (exact) mass is 406 g/mol. The Morgan fingerprint density at radius 3 is 2.39 bits per heavy atom. The third-order valence-corrected chi connectivity index (χ3v) is 4.70. The van der Waals surface area contributed by atoms with Crippen LogP contribution in [0.1, 0.15) is 36.7 Å². The van der Waals surface area contributed by atoms with Gasteiger partial charge in [0, 0.05) is 23.4 Å². The van der Waals surface area contributed by atoms with Crippen LogP contribution in [-0.2, 0) is 21.4 Å². The maximum Gasteiger partial charge on any atom is 0.255 e. The van der Waals surface area contributed by atoms with E-state index in [9.17, 15) is 13.2 Å². The lowest BCUT2D eigenvalue weighted by Crippen LogP contribution is -2.14. The second-order valence-corrected chi connectivity index (χ2v) is 8.25. The van der Waals surface area contributed by atoms with E-state index in [4.69, 9.17) is 14.6 Å². The number of hydrogen-bond acceptors (Lipinski definition) is 5. The van der Waals surface area contributed by atoms with E-state index in [0.29, 0.717) is 42.7 Å². The molecule has 1 amide bonds. The molecule has 0 aliphatic heterocycles. The molecule has 0 saturated carbocycles. The summed E-state index contributed by atoms with van der Waals surface area (Å²) in [6.07, 6.45) is 0. The van der Waals surface area contributed by atoms with Crippen LogP contribution >= 0.6 is 0 Å². The Morgan fingerprint density at radius 2 is 1.82 bits per heavy atom. The Kier molecular flexibility index (Phi) is 7.56. The molecule has 0 aliphatic carbocycles. The predicted molar refractivity (Wildman–Crippen MR) is 108 cm³/mol. The van der Waals surface area contributed by atoms with E-state index in [1.165, 1.54) is 24.3 Å². The van der Waals surface area contributed by atoms with Crippen LogP contribution in [0.3, 0.4) is 0 Å². The smallest absolute Gasteiger partial charge is 0.255 e. The summed E-state index contributed by atoms with van der Waals surface area (Å²) < 4.78 is 33.9. The van der Waals surface area contributed by atoms with E-state index in [1.807, 2.05) is 6.92 Å². The number of nitrogens with two attached hydrogens (primary N) is 1. The highest BCUT2D eigenvalue weighted by atomic mass is 32.2. The maximum absolute atomic E-state index is 12.6. The van der Waals surface area contributed by atoms with Crippen LogP contribution in [-0.4, -0.2) is 27.5 Å². The average molecular weight is 407 g/mol. The average Bonchev–Trinajstić information content (AvgIpc) is 2.62. The van der Waals surface area contributed by atoms with Crippen LogP contribution < -0.4 is 15.2 Å². The number of benzene rings is 2. The molecule has 7 nitrogen and oxygen atoms in total. The SMILES string of the molecule is CCOc1ccc(C(=O)Nc2ccc(S(N)(=O)=O)cc2)cc1COCC(C)C. The molecule has 0 saturated heterocycles. The van der Waals surface area contributed by atoms with Gasteiger partial charge in [0.25, 0.3) is 5.91 Å². The van der Waals surface area contributed by atoms with Crippen molar-refractivity contribution in [1.29, 1.82) is 0 Å².